The molecular formula is C18H18ClN3O3S. The van der Waals surface area contributed by atoms with Gasteiger partial charge in [-0.15, -0.1) is 0 Å². The number of ether oxygens (including phenoxy) is 1. The first-order valence-corrected chi connectivity index (χ1v) is 9.85. The predicted molar refractivity (Wildman–Crippen MR) is 101 cm³/mol. The Morgan fingerprint density at radius 3 is 2.46 bits per heavy atom. The molecular weight excluding hydrogens is 374 g/mol. The van der Waals surface area contributed by atoms with Crippen LogP contribution in [0.15, 0.2) is 65.8 Å². The van der Waals surface area contributed by atoms with Gasteiger partial charge in [0, 0.05) is 5.02 Å². The molecule has 0 aliphatic rings. The van der Waals surface area contributed by atoms with Gasteiger partial charge < -0.3 is 4.74 Å². The molecule has 0 fully saturated rings. The molecule has 1 aromatic heterocycles. The molecule has 26 heavy (non-hydrogen) atoms. The van der Waals surface area contributed by atoms with Gasteiger partial charge in [0.2, 0.25) is 0 Å². The molecule has 0 aliphatic heterocycles. The van der Waals surface area contributed by atoms with Gasteiger partial charge in [0.15, 0.2) is 6.73 Å². The lowest BCUT2D eigenvalue weighted by Crippen LogP contribution is -2.12. The second kappa shape index (κ2) is 7.80. The van der Waals surface area contributed by atoms with Gasteiger partial charge in [-0.25, -0.2) is 13.1 Å². The van der Waals surface area contributed by atoms with Crippen LogP contribution in [0.1, 0.15) is 12.5 Å². The van der Waals surface area contributed by atoms with E-state index in [0.29, 0.717) is 10.7 Å². The van der Waals surface area contributed by atoms with Gasteiger partial charge in [-0.05, 0) is 48.4 Å². The number of nitrogens with zero attached hydrogens (tertiary/aromatic N) is 2. The molecule has 0 radical (unpaired) electrons. The molecule has 3 aromatic rings. The number of hydrogen-bond donors (Lipinski definition) is 1. The summed E-state index contributed by atoms with van der Waals surface area (Å²) in [6.45, 7) is 2.26. The lowest BCUT2D eigenvalue weighted by Gasteiger charge is -2.07. The summed E-state index contributed by atoms with van der Waals surface area (Å²) in [6.07, 6.45) is 3.96. The molecule has 0 spiro atoms. The maximum atomic E-state index is 12.3. The van der Waals surface area contributed by atoms with Crippen LogP contribution in [-0.2, 0) is 23.2 Å². The minimum Gasteiger partial charge on any atom is -0.471 e. The highest BCUT2D eigenvalue weighted by atomic mass is 35.5. The first-order valence-electron chi connectivity index (χ1n) is 7.99. The Balaban J connectivity index is 1.62. The highest BCUT2D eigenvalue weighted by Gasteiger charge is 2.15. The molecule has 0 aliphatic carbocycles. The third-order valence-electron chi connectivity index (χ3n) is 3.70. The van der Waals surface area contributed by atoms with Crippen molar-refractivity contribution in [2.24, 2.45) is 0 Å². The van der Waals surface area contributed by atoms with E-state index in [-0.39, 0.29) is 11.6 Å². The molecule has 1 heterocycles. The summed E-state index contributed by atoms with van der Waals surface area (Å²) >= 11 is 5.78. The van der Waals surface area contributed by atoms with Crippen molar-refractivity contribution >= 4 is 27.3 Å². The molecule has 136 valence electrons. The van der Waals surface area contributed by atoms with Crippen molar-refractivity contribution in [3.8, 4) is 5.75 Å². The average Bonchev–Trinajstić information content (AvgIpc) is 3.07. The lowest BCUT2D eigenvalue weighted by molar-refractivity contribution is 0.221. The van der Waals surface area contributed by atoms with E-state index < -0.39 is 10.0 Å². The monoisotopic (exact) mass is 391 g/mol. The van der Waals surface area contributed by atoms with Gasteiger partial charge in [-0.3, -0.25) is 4.72 Å². The highest BCUT2D eigenvalue weighted by Crippen LogP contribution is 2.18. The van der Waals surface area contributed by atoms with Crippen LogP contribution in [0.3, 0.4) is 0 Å². The Labute approximate surface area is 157 Å². The lowest BCUT2D eigenvalue weighted by atomic mass is 10.2. The SMILES string of the molecule is CCc1ccc(OCn2cc(NS(=O)(=O)c3ccc(Cl)cc3)cn2)cc1. The summed E-state index contributed by atoms with van der Waals surface area (Å²) in [5, 5.41) is 4.57. The van der Waals surface area contributed by atoms with Crippen LogP contribution in [0.2, 0.25) is 5.02 Å². The Kier molecular flexibility index (Phi) is 5.49. The van der Waals surface area contributed by atoms with Crippen LogP contribution in [0.25, 0.3) is 0 Å². The quantitative estimate of drug-likeness (QED) is 0.662. The first kappa shape index (κ1) is 18.3. The zero-order chi connectivity index (χ0) is 18.6. The smallest absolute Gasteiger partial charge is 0.261 e. The van der Waals surface area contributed by atoms with Gasteiger partial charge >= 0.3 is 0 Å². The van der Waals surface area contributed by atoms with Crippen molar-refractivity contribution in [1.82, 2.24) is 9.78 Å². The molecule has 6 nitrogen and oxygen atoms in total. The van der Waals surface area contributed by atoms with E-state index in [1.54, 1.807) is 6.20 Å². The first-order chi connectivity index (χ1) is 12.5. The topological polar surface area (TPSA) is 73.2 Å². The zero-order valence-corrected chi connectivity index (χ0v) is 15.7. The fourth-order valence-electron chi connectivity index (χ4n) is 2.28. The molecule has 0 amide bonds. The fourth-order valence-corrected chi connectivity index (χ4v) is 3.43. The second-order valence-corrected chi connectivity index (χ2v) is 7.72. The normalized spacial score (nSPS) is 11.3. The Bertz CT molecular complexity index is 968. The summed E-state index contributed by atoms with van der Waals surface area (Å²) in [5.74, 6) is 0.723. The van der Waals surface area contributed by atoms with Gasteiger partial charge in [-0.2, -0.15) is 5.10 Å². The van der Waals surface area contributed by atoms with E-state index in [9.17, 15) is 8.42 Å². The number of nitrogens with one attached hydrogen (secondary N) is 1. The summed E-state index contributed by atoms with van der Waals surface area (Å²) < 4.78 is 34.3. The van der Waals surface area contributed by atoms with Gasteiger partial charge in [0.05, 0.1) is 23.0 Å². The van der Waals surface area contributed by atoms with Gasteiger partial charge in [-0.1, -0.05) is 30.7 Å². The van der Waals surface area contributed by atoms with Crippen molar-refractivity contribution in [1.29, 1.82) is 0 Å². The number of rotatable bonds is 7. The average molecular weight is 392 g/mol. The number of benzene rings is 2. The van der Waals surface area contributed by atoms with Crippen molar-refractivity contribution in [2.75, 3.05) is 4.72 Å². The highest BCUT2D eigenvalue weighted by molar-refractivity contribution is 7.92. The molecule has 0 bridgehead atoms. The van der Waals surface area contributed by atoms with Crippen LogP contribution in [0.5, 0.6) is 5.75 Å². The predicted octanol–water partition coefficient (Wildman–Crippen LogP) is 3.94. The van der Waals surface area contributed by atoms with Crippen molar-refractivity contribution in [2.45, 2.75) is 25.0 Å². The Hall–Kier alpha value is -2.51. The van der Waals surface area contributed by atoms with Crippen LogP contribution in [0.4, 0.5) is 5.69 Å². The molecule has 3 rings (SSSR count). The largest absolute Gasteiger partial charge is 0.471 e. The van der Waals surface area contributed by atoms with E-state index in [4.69, 9.17) is 16.3 Å². The Morgan fingerprint density at radius 1 is 1.12 bits per heavy atom. The molecule has 8 heteroatoms. The maximum Gasteiger partial charge on any atom is 0.261 e. The fraction of sp³-hybridized carbons (Fsp3) is 0.167. The minimum atomic E-state index is -3.69. The van der Waals surface area contributed by atoms with Crippen LogP contribution >= 0.6 is 11.6 Å². The molecule has 0 unspecified atom stereocenters. The molecule has 0 saturated carbocycles. The molecule has 2 aromatic carbocycles. The third kappa shape index (κ3) is 4.56. The van der Waals surface area contributed by atoms with Crippen LogP contribution in [-0.4, -0.2) is 18.2 Å². The summed E-state index contributed by atoms with van der Waals surface area (Å²) in [4.78, 5) is 0.127. The van der Waals surface area contributed by atoms with E-state index in [0.717, 1.165) is 12.2 Å². The maximum absolute atomic E-state index is 12.3. The molecule has 1 N–H and O–H groups in total. The van der Waals surface area contributed by atoms with Crippen molar-refractivity contribution in [3.05, 3.63) is 71.5 Å². The number of sulfonamides is 1. The Morgan fingerprint density at radius 2 is 1.81 bits per heavy atom. The van der Waals surface area contributed by atoms with E-state index in [1.165, 1.54) is 40.7 Å². The summed E-state index contributed by atoms with van der Waals surface area (Å²) in [7, 11) is -3.69. The number of anilines is 1. The second-order valence-electron chi connectivity index (χ2n) is 5.60. The standard InChI is InChI=1S/C18H18ClN3O3S/c1-2-14-3-7-17(8-4-14)25-13-22-12-16(11-20-22)21-26(23,24)18-9-5-15(19)6-10-18/h3-12,21H,2,13H2,1H3. The van der Waals surface area contributed by atoms with Crippen LogP contribution < -0.4 is 9.46 Å². The summed E-state index contributed by atoms with van der Waals surface area (Å²) in [5.41, 5.74) is 1.58. The number of aryl methyl sites for hydroxylation is 1. The zero-order valence-electron chi connectivity index (χ0n) is 14.1. The van der Waals surface area contributed by atoms with E-state index in [2.05, 4.69) is 16.7 Å². The molecule has 0 saturated heterocycles. The van der Waals surface area contributed by atoms with Gasteiger partial charge in [0.1, 0.15) is 5.75 Å². The third-order valence-corrected chi connectivity index (χ3v) is 5.35. The number of halogens is 1. The van der Waals surface area contributed by atoms with Crippen LogP contribution in [0, 0.1) is 0 Å². The van der Waals surface area contributed by atoms with E-state index >= 15 is 0 Å². The van der Waals surface area contributed by atoms with Crippen molar-refractivity contribution in [3.63, 3.8) is 0 Å². The number of aromatic nitrogens is 2. The van der Waals surface area contributed by atoms with Crippen molar-refractivity contribution < 1.29 is 13.2 Å². The minimum absolute atomic E-state index is 0.127. The number of hydrogen-bond acceptors (Lipinski definition) is 4. The molecule has 0 atom stereocenters. The summed E-state index contributed by atoms with van der Waals surface area (Å²) in [6, 6.07) is 13.7. The van der Waals surface area contributed by atoms with E-state index in [1.807, 2.05) is 24.3 Å². The van der Waals surface area contributed by atoms with Gasteiger partial charge in [0.25, 0.3) is 10.0 Å².